The number of nitrogens with one attached hydrogen (secondary N) is 4. The third-order valence-electron chi connectivity index (χ3n) is 26.8. The van der Waals surface area contributed by atoms with Crippen molar-refractivity contribution in [3.63, 3.8) is 0 Å². The highest BCUT2D eigenvalue weighted by Crippen LogP contribution is 2.39. The lowest BCUT2D eigenvalue weighted by atomic mass is 10.00. The van der Waals surface area contributed by atoms with E-state index in [4.69, 9.17) is 9.05 Å². The van der Waals surface area contributed by atoms with Crippen LogP contribution >= 0.6 is 45.3 Å². The van der Waals surface area contributed by atoms with E-state index in [0.717, 1.165) is 97.9 Å². The van der Waals surface area contributed by atoms with E-state index in [1.807, 2.05) is 206 Å². The van der Waals surface area contributed by atoms with Crippen LogP contribution in [0.2, 0.25) is 0 Å². The Morgan fingerprint density at radius 3 is 1.13 bits per heavy atom. The molecule has 0 saturated carbocycles. The number of carbonyl (C=O) groups is 10. The summed E-state index contributed by atoms with van der Waals surface area (Å²) in [4.78, 5) is 163. The van der Waals surface area contributed by atoms with Crippen LogP contribution in [0, 0.1) is 53.4 Å². The predicted molar refractivity (Wildman–Crippen MR) is 541 cm³/mol. The minimum atomic E-state index is -1.44. The molecule has 750 valence electrons. The Hall–Kier alpha value is -13.2. The van der Waals surface area contributed by atoms with Crippen LogP contribution in [0.25, 0.3) is 41.8 Å². The number of benzene rings is 6. The minimum absolute atomic E-state index is 0.0328. The predicted octanol–water partition coefficient (Wildman–Crippen LogP) is 12.1. The molecule has 6 aliphatic heterocycles. The number of hydrogen-bond donors (Lipinski definition) is 9. The Kier molecular flexibility index (Phi) is 33.2. The van der Waals surface area contributed by atoms with Crippen LogP contribution in [0.3, 0.4) is 0 Å². The number of nitrogens with zero attached hydrogens (tertiary/aromatic N) is 12. The molecule has 143 heavy (non-hydrogen) atoms. The lowest BCUT2D eigenvalue weighted by molar-refractivity contribution is -0.145. The molecule has 18 rings (SSSR count). The highest BCUT2D eigenvalue weighted by Gasteiger charge is 2.53. The molecule has 37 heteroatoms. The van der Waals surface area contributed by atoms with E-state index in [1.54, 1.807) is 114 Å². The first-order chi connectivity index (χ1) is 68.4. The van der Waals surface area contributed by atoms with E-state index in [-0.39, 0.29) is 118 Å². The quantitative estimate of drug-likeness (QED) is 0.0231. The number of aliphatic hydroxyl groups is 5. The second-order valence-corrected chi connectivity index (χ2v) is 41.6. The first kappa shape index (κ1) is 104. The van der Waals surface area contributed by atoms with Crippen molar-refractivity contribution in [1.29, 1.82) is 0 Å². The fourth-order valence-electron chi connectivity index (χ4n) is 19.2. The van der Waals surface area contributed by atoms with E-state index in [9.17, 15) is 73.5 Å². The van der Waals surface area contributed by atoms with Gasteiger partial charge in [-0.3, -0.25) is 47.9 Å². The number of carbonyl (C=O) groups excluding carboxylic acids is 10. The van der Waals surface area contributed by atoms with Crippen molar-refractivity contribution >= 4 is 104 Å². The van der Waals surface area contributed by atoms with E-state index >= 15 is 0 Å². The zero-order chi connectivity index (χ0) is 102. The van der Waals surface area contributed by atoms with E-state index < -0.39 is 89.9 Å². The average Bonchev–Trinajstić information content (AvgIpc) is 1.62. The number of rotatable bonds is 27. The first-order valence-corrected chi connectivity index (χ1v) is 51.3. The summed E-state index contributed by atoms with van der Waals surface area (Å²) in [5, 5.41) is 71.7. The Morgan fingerprint density at radius 1 is 0.441 bits per heavy atom. The van der Waals surface area contributed by atoms with Gasteiger partial charge in [-0.15, -0.1) is 45.3 Å². The summed E-state index contributed by atoms with van der Waals surface area (Å²) in [7, 11) is 0. The number of fused-ring (bicyclic) bond motifs is 2. The van der Waals surface area contributed by atoms with Crippen LogP contribution in [0.1, 0.15) is 186 Å². The second kappa shape index (κ2) is 45.6. The van der Waals surface area contributed by atoms with Gasteiger partial charge in [0, 0.05) is 94.9 Å². The summed E-state index contributed by atoms with van der Waals surface area (Å²) in [6, 6.07) is 44.6. The van der Waals surface area contributed by atoms with Gasteiger partial charge in [-0.25, -0.2) is 19.9 Å². The molecule has 33 nitrogen and oxygen atoms in total. The second-order valence-electron chi connectivity index (χ2n) is 38.2. The molecule has 6 aromatic heterocycles. The summed E-state index contributed by atoms with van der Waals surface area (Å²) in [6.45, 7) is 26.1. The maximum absolute atomic E-state index is 14.0. The normalized spacial score (nSPS) is 20.3. The maximum atomic E-state index is 14.0. The molecule has 13 atom stereocenters. The number of hydrogen-bond acceptors (Lipinski definition) is 27. The number of aliphatic hydroxyl groups excluding tert-OH is 4. The summed E-state index contributed by atoms with van der Waals surface area (Å²) >= 11 is 6.35. The molecule has 0 radical (unpaired) electrons. The van der Waals surface area contributed by atoms with Gasteiger partial charge in [0.15, 0.2) is 0 Å². The molecular weight excluding hydrogens is 1900 g/mol. The van der Waals surface area contributed by atoms with Gasteiger partial charge in [0.2, 0.25) is 47.3 Å². The van der Waals surface area contributed by atoms with Crippen molar-refractivity contribution in [2.24, 2.45) is 11.8 Å². The van der Waals surface area contributed by atoms with Crippen LogP contribution in [0.15, 0.2) is 189 Å². The SMILES string of the molecule is CCC(C(=O)N1C[C@H](O)C[C@H]1C(=O)NCc1ccc(-c2scnc2C)cc1)c1cc(C)no1.Cc1cc([C@@H](C)C(=O)N2C[C@H](O)C[C@H]2C(=O)NCc2ccc(-c3scnc3C)cc2)on1.Cc1ncsc1-c1ccc(CNC(=O)[C@@H]2C[C@@](C)(O)CN2C(=O)[C@H](C(C)C)N2Cc3ccccc3C2=O)cc1.Cc1ncsc1-c1ccc(CNC(=O)[C@@H]2[C@@H](O)[C@@H](O)CN2C(=O)[C@H](C(C)C)N2Cc3ccccc3C2=O)cc1. The van der Waals surface area contributed by atoms with E-state index in [1.165, 1.54) is 24.5 Å². The Bertz CT molecular complexity index is 6480. The number of β-amino-alcohol motifs (C(OH)–C–C–N with tert-alkyl or cyclic N) is 4. The highest BCUT2D eigenvalue weighted by molar-refractivity contribution is 7.14. The van der Waals surface area contributed by atoms with Gasteiger partial charge < -0.3 is 85.2 Å². The molecular formula is C106H120N16O17S4. The number of thiazole rings is 4. The third kappa shape index (κ3) is 23.8. The Balaban J connectivity index is 0.000000144. The van der Waals surface area contributed by atoms with Gasteiger partial charge in [0.05, 0.1) is 125 Å². The summed E-state index contributed by atoms with van der Waals surface area (Å²) in [5.41, 5.74) is 22.3. The number of aryl methyl sites for hydroxylation is 6. The van der Waals surface area contributed by atoms with Crippen LogP contribution < -0.4 is 21.3 Å². The van der Waals surface area contributed by atoms with Gasteiger partial charge in [-0.2, -0.15) is 0 Å². The Labute approximate surface area is 845 Å². The van der Waals surface area contributed by atoms with Crippen molar-refractivity contribution in [3.8, 4) is 41.8 Å². The molecule has 12 aromatic rings. The van der Waals surface area contributed by atoms with Crippen molar-refractivity contribution < 1.29 is 82.5 Å². The molecule has 12 heterocycles. The molecule has 10 amide bonds. The zero-order valence-corrected chi connectivity index (χ0v) is 85.2. The fraction of sp³-hybridized carbons (Fsp3) is 0.396. The monoisotopic (exact) mass is 2020 g/mol. The molecule has 4 fully saturated rings. The number of amides is 10. The first-order valence-electron chi connectivity index (χ1n) is 47.8. The lowest BCUT2D eigenvalue weighted by Gasteiger charge is -2.35. The van der Waals surface area contributed by atoms with E-state index in [2.05, 4.69) is 51.5 Å². The summed E-state index contributed by atoms with van der Waals surface area (Å²) in [5.74, 6) is -3.73. The number of likely N-dealkylation sites (tertiary alicyclic amines) is 4. The standard InChI is InChI=1S/C30H34N4O4S.C29H32N4O5S.C24H28N4O4S.C23H26N4O4S/c1-18(2)25(33-15-22-7-5-6-8-23(22)28(33)36)29(37)34-16-30(4,38)13-24(34)27(35)31-14-20-9-11-21(12-10-20)26-19(3)32-17-39-26;1-16(2)23(32-13-20-6-4-5-7-21(20)28(32)37)29(38)33-14-22(34)25(35)24(33)27(36)30-12-18-8-10-19(11-9-18)26-17(3)31-15-39-26;1-4-19(21-9-14(2)27-32-21)24(31)28-12-18(29)10-20(28)23(30)25-11-16-5-7-17(8-6-16)22-15(3)26-13-33-22;1-13-8-20(31-26-13)14(2)23(30)27-11-18(28)9-19(27)22(29)24-10-16-4-6-17(7-5-16)21-15(3)25-12-32-21/h5-12,17-18,24-25,38H,13-16H2,1-4H3,(H,31,35);4-11,15-16,22-25,34-35H,12-14H2,1-3H3,(H,30,36);5-9,13,18-20,29H,4,10-12H2,1-3H3,(H,25,30);4-8,12,14,18-19,28H,9-11H2,1-3H3,(H,24,29)/t24-,25-,30+;22-,23-,24-,25-;18-,19?,20+;14-,18-,19+/m0011/s1. The minimum Gasteiger partial charge on any atom is -0.391 e. The van der Waals surface area contributed by atoms with Gasteiger partial charge in [-0.05, 0) is 141 Å². The topological polar surface area (TPSA) is 443 Å². The molecule has 1 unspecified atom stereocenters. The third-order valence-corrected chi connectivity index (χ3v) is 30.7. The van der Waals surface area contributed by atoms with Gasteiger partial charge in [0.1, 0.15) is 53.9 Å². The molecule has 6 aliphatic rings. The van der Waals surface area contributed by atoms with Crippen molar-refractivity contribution in [3.05, 3.63) is 270 Å². The molecule has 0 aliphatic carbocycles. The van der Waals surface area contributed by atoms with Crippen LogP contribution in [0.5, 0.6) is 0 Å². The average molecular weight is 2020 g/mol. The van der Waals surface area contributed by atoms with Crippen LogP contribution in [-0.4, -0.2) is 237 Å². The summed E-state index contributed by atoms with van der Waals surface area (Å²) < 4.78 is 10.5. The smallest absolute Gasteiger partial charge is 0.255 e. The van der Waals surface area contributed by atoms with Crippen molar-refractivity contribution in [2.45, 2.75) is 233 Å². The Morgan fingerprint density at radius 2 is 0.790 bits per heavy atom. The number of aromatic nitrogens is 6. The molecule has 0 spiro atoms. The van der Waals surface area contributed by atoms with Crippen LogP contribution in [-0.2, 0) is 77.6 Å². The van der Waals surface area contributed by atoms with Gasteiger partial charge in [-0.1, -0.05) is 178 Å². The maximum Gasteiger partial charge on any atom is 0.255 e. The van der Waals surface area contributed by atoms with Crippen molar-refractivity contribution in [1.82, 2.24) is 80.9 Å². The fourth-order valence-corrected chi connectivity index (χ4v) is 22.5. The largest absolute Gasteiger partial charge is 0.391 e. The zero-order valence-electron chi connectivity index (χ0n) is 81.9. The van der Waals surface area contributed by atoms with Crippen LogP contribution in [0.4, 0.5) is 0 Å². The molecule has 0 bridgehead atoms. The van der Waals surface area contributed by atoms with Gasteiger partial charge in [0.25, 0.3) is 11.8 Å². The van der Waals surface area contributed by atoms with Gasteiger partial charge >= 0.3 is 0 Å². The van der Waals surface area contributed by atoms with Crippen molar-refractivity contribution in [2.75, 3.05) is 26.2 Å². The molecule has 4 saturated heterocycles. The van der Waals surface area contributed by atoms with E-state index in [0.29, 0.717) is 66.6 Å². The highest BCUT2D eigenvalue weighted by atomic mass is 32.1. The molecule has 6 aromatic carbocycles. The molecule has 9 N–H and O–H groups in total. The lowest BCUT2D eigenvalue weighted by Crippen LogP contribution is -2.57. The summed E-state index contributed by atoms with van der Waals surface area (Å²) in [6.07, 6.45) is -3.11.